The second-order valence-electron chi connectivity index (χ2n) is 2.45. The molecule has 0 fully saturated rings. The van der Waals surface area contributed by atoms with Gasteiger partial charge in [-0.2, -0.15) is 13.2 Å². The molecule has 0 unspecified atom stereocenters. The van der Waals surface area contributed by atoms with Crippen LogP contribution < -0.4 is 5.73 Å². The van der Waals surface area contributed by atoms with Crippen molar-refractivity contribution >= 4 is 23.3 Å². The van der Waals surface area contributed by atoms with Crippen LogP contribution in [0.25, 0.3) is 0 Å². The van der Waals surface area contributed by atoms with Crippen LogP contribution in [0.4, 0.5) is 23.2 Å². The number of hydrogen-bond donors (Lipinski definition) is 2. The largest absolute Gasteiger partial charge is 0.490 e. The van der Waals surface area contributed by atoms with Crippen LogP contribution in [-0.4, -0.2) is 17.3 Å². The summed E-state index contributed by atoms with van der Waals surface area (Å²) in [5.74, 6) is -3.23. The smallest absolute Gasteiger partial charge is 0.475 e. The summed E-state index contributed by atoms with van der Waals surface area (Å²) in [6.45, 7) is 0. The predicted octanol–water partition coefficient (Wildman–Crippen LogP) is 2.69. The molecular weight excluding hydrogens is 254 g/mol. The molecule has 0 aliphatic heterocycles. The Kier molecular flexibility index (Phi) is 5.03. The Labute approximate surface area is 92.4 Å². The number of carbonyl (C=O) groups is 1. The average molecular weight is 260 g/mol. The molecule has 1 rings (SSSR count). The third kappa shape index (κ3) is 4.83. The van der Waals surface area contributed by atoms with E-state index in [2.05, 4.69) is 0 Å². The molecule has 0 saturated heterocycles. The van der Waals surface area contributed by atoms with Gasteiger partial charge >= 0.3 is 12.1 Å². The summed E-state index contributed by atoms with van der Waals surface area (Å²) in [7, 11) is 0. The van der Waals surface area contributed by atoms with E-state index in [1.54, 1.807) is 6.07 Å². The van der Waals surface area contributed by atoms with Crippen molar-refractivity contribution in [2.75, 3.05) is 5.73 Å². The van der Waals surface area contributed by atoms with Gasteiger partial charge in [-0.05, 0) is 12.1 Å². The lowest BCUT2D eigenvalue weighted by atomic mass is 10.3. The molecule has 1 aromatic rings. The molecule has 8 heteroatoms. The highest BCUT2D eigenvalue weighted by Crippen LogP contribution is 2.20. The van der Waals surface area contributed by atoms with Crippen LogP contribution in [0.5, 0.6) is 0 Å². The van der Waals surface area contributed by atoms with Crippen LogP contribution >= 0.6 is 11.6 Å². The molecule has 0 spiro atoms. The van der Waals surface area contributed by atoms with E-state index in [1.807, 2.05) is 0 Å². The fourth-order valence-corrected chi connectivity index (χ4v) is 0.646. The fourth-order valence-electron chi connectivity index (χ4n) is 0.520. The van der Waals surface area contributed by atoms with Crippen molar-refractivity contribution in [1.82, 2.24) is 0 Å². The van der Waals surface area contributed by atoms with Gasteiger partial charge in [-0.1, -0.05) is 17.7 Å². The van der Waals surface area contributed by atoms with E-state index in [-0.39, 0.29) is 10.7 Å². The maximum absolute atomic E-state index is 12.4. The molecule has 0 aliphatic rings. The van der Waals surface area contributed by atoms with Crippen molar-refractivity contribution in [3.05, 3.63) is 29.0 Å². The van der Waals surface area contributed by atoms with E-state index >= 15 is 0 Å². The zero-order valence-corrected chi connectivity index (χ0v) is 8.31. The standard InChI is InChI=1S/C6H5ClFN.C2HF3O2/c7-6-4(8)2-1-3-5(6)9;3-2(4,5)1(6)7/h1-3H,9H2;(H,6,7). The van der Waals surface area contributed by atoms with Crippen molar-refractivity contribution in [3.8, 4) is 0 Å². The molecular formula is C8H6ClF4NO2. The van der Waals surface area contributed by atoms with Gasteiger partial charge in [0.15, 0.2) is 0 Å². The van der Waals surface area contributed by atoms with E-state index in [1.165, 1.54) is 12.1 Å². The van der Waals surface area contributed by atoms with Crippen LogP contribution in [0.2, 0.25) is 5.02 Å². The molecule has 0 atom stereocenters. The Balaban J connectivity index is 0.000000293. The van der Waals surface area contributed by atoms with Crippen molar-refractivity contribution in [2.24, 2.45) is 0 Å². The number of anilines is 1. The Hall–Kier alpha value is -1.50. The zero-order valence-electron chi connectivity index (χ0n) is 7.55. The predicted molar refractivity (Wildman–Crippen MR) is 49.5 cm³/mol. The van der Waals surface area contributed by atoms with Gasteiger partial charge in [0.1, 0.15) is 5.82 Å². The van der Waals surface area contributed by atoms with Gasteiger partial charge in [-0.25, -0.2) is 9.18 Å². The molecule has 1 aromatic carbocycles. The summed E-state index contributed by atoms with van der Waals surface area (Å²) in [5.41, 5.74) is 5.52. The normalized spacial score (nSPS) is 10.3. The second kappa shape index (κ2) is 5.55. The summed E-state index contributed by atoms with van der Waals surface area (Å²) < 4.78 is 44.1. The Morgan fingerprint density at radius 3 is 2.06 bits per heavy atom. The van der Waals surface area contributed by atoms with Crippen LogP contribution in [0.15, 0.2) is 18.2 Å². The quantitative estimate of drug-likeness (QED) is 0.556. The van der Waals surface area contributed by atoms with Crippen LogP contribution in [-0.2, 0) is 4.79 Å². The number of rotatable bonds is 0. The molecule has 0 saturated carbocycles. The Morgan fingerprint density at radius 1 is 1.38 bits per heavy atom. The monoisotopic (exact) mass is 259 g/mol. The van der Waals surface area contributed by atoms with Gasteiger partial charge in [0.25, 0.3) is 0 Å². The summed E-state index contributed by atoms with van der Waals surface area (Å²) in [4.78, 5) is 8.90. The molecule has 0 amide bonds. The van der Waals surface area contributed by atoms with E-state index < -0.39 is 18.0 Å². The first-order valence-corrected chi connectivity index (χ1v) is 4.03. The molecule has 0 aliphatic carbocycles. The highest BCUT2D eigenvalue weighted by molar-refractivity contribution is 6.33. The molecule has 3 nitrogen and oxygen atoms in total. The van der Waals surface area contributed by atoms with Crippen LogP contribution in [0, 0.1) is 5.82 Å². The molecule has 0 bridgehead atoms. The fraction of sp³-hybridized carbons (Fsp3) is 0.125. The molecule has 0 heterocycles. The first kappa shape index (κ1) is 14.5. The minimum atomic E-state index is -5.08. The minimum Gasteiger partial charge on any atom is -0.475 e. The summed E-state index contributed by atoms with van der Waals surface area (Å²) >= 11 is 5.38. The lowest BCUT2D eigenvalue weighted by Crippen LogP contribution is -2.21. The van der Waals surface area contributed by atoms with Crippen molar-refractivity contribution in [3.63, 3.8) is 0 Å². The second-order valence-corrected chi connectivity index (χ2v) is 2.82. The lowest BCUT2D eigenvalue weighted by Gasteiger charge is -1.95. The number of aliphatic carboxylic acids is 1. The first-order chi connectivity index (χ1) is 7.16. The average Bonchev–Trinajstić information content (AvgIpc) is 2.13. The van der Waals surface area contributed by atoms with Gasteiger partial charge in [0.2, 0.25) is 0 Å². The number of carboxylic acids is 1. The summed E-state index contributed by atoms with van der Waals surface area (Å²) in [6, 6.07) is 4.32. The highest BCUT2D eigenvalue weighted by Gasteiger charge is 2.38. The molecule has 90 valence electrons. The number of carboxylic acid groups (broad SMARTS) is 1. The Bertz CT molecular complexity index is 361. The number of benzene rings is 1. The topological polar surface area (TPSA) is 63.3 Å². The number of halogens is 5. The first-order valence-electron chi connectivity index (χ1n) is 3.66. The van der Waals surface area contributed by atoms with Gasteiger partial charge in [-0.15, -0.1) is 0 Å². The minimum absolute atomic E-state index is 0.00231. The maximum atomic E-state index is 12.4. The maximum Gasteiger partial charge on any atom is 0.490 e. The van der Waals surface area contributed by atoms with Crippen LogP contribution in [0.3, 0.4) is 0 Å². The van der Waals surface area contributed by atoms with E-state index in [4.69, 9.17) is 27.2 Å². The number of hydrogen-bond acceptors (Lipinski definition) is 2. The van der Waals surface area contributed by atoms with E-state index in [0.717, 1.165) is 0 Å². The van der Waals surface area contributed by atoms with Gasteiger partial charge in [0, 0.05) is 0 Å². The number of alkyl halides is 3. The number of nitrogen functional groups attached to an aromatic ring is 1. The van der Waals surface area contributed by atoms with Gasteiger partial charge < -0.3 is 10.8 Å². The lowest BCUT2D eigenvalue weighted by molar-refractivity contribution is -0.192. The molecule has 3 N–H and O–H groups in total. The third-order valence-electron chi connectivity index (χ3n) is 1.22. The third-order valence-corrected chi connectivity index (χ3v) is 1.62. The SMILES string of the molecule is Nc1cccc(F)c1Cl.O=C(O)C(F)(F)F. The number of nitrogens with two attached hydrogens (primary N) is 1. The highest BCUT2D eigenvalue weighted by atomic mass is 35.5. The Morgan fingerprint density at radius 2 is 1.81 bits per heavy atom. The summed E-state index contributed by atoms with van der Waals surface area (Å²) in [6.07, 6.45) is -5.08. The van der Waals surface area contributed by atoms with E-state index in [0.29, 0.717) is 0 Å². The van der Waals surface area contributed by atoms with Gasteiger partial charge in [-0.3, -0.25) is 0 Å². The molecule has 0 aromatic heterocycles. The van der Waals surface area contributed by atoms with Crippen LogP contribution in [0.1, 0.15) is 0 Å². The summed E-state index contributed by atoms with van der Waals surface area (Å²) in [5, 5.41) is 7.12. The van der Waals surface area contributed by atoms with Gasteiger partial charge in [0.05, 0.1) is 10.7 Å². The molecule has 16 heavy (non-hydrogen) atoms. The van der Waals surface area contributed by atoms with Crippen molar-refractivity contribution < 1.29 is 27.5 Å². The zero-order chi connectivity index (χ0) is 12.9. The molecule has 0 radical (unpaired) electrons. The van der Waals surface area contributed by atoms with Crippen molar-refractivity contribution in [1.29, 1.82) is 0 Å². The van der Waals surface area contributed by atoms with E-state index in [9.17, 15) is 17.6 Å². The van der Waals surface area contributed by atoms with Crippen molar-refractivity contribution in [2.45, 2.75) is 6.18 Å².